The third-order valence-corrected chi connectivity index (χ3v) is 7.78. The van der Waals surface area contributed by atoms with E-state index >= 15 is 0 Å². The summed E-state index contributed by atoms with van der Waals surface area (Å²) < 4.78 is 38.3. The molecule has 0 radical (unpaired) electrons. The maximum Gasteiger partial charge on any atom is 0.433 e. The lowest BCUT2D eigenvalue weighted by Crippen LogP contribution is -2.64. The highest BCUT2D eigenvalue weighted by atomic mass is 19.4. The highest BCUT2D eigenvalue weighted by molar-refractivity contribution is 5.49. The van der Waals surface area contributed by atoms with E-state index in [1.165, 1.54) is 31.0 Å². The Bertz CT molecular complexity index is 934. The number of fused-ring (bicyclic) bond motifs is 2. The Morgan fingerprint density at radius 1 is 1.13 bits per heavy atom. The Labute approximate surface area is 179 Å². The lowest BCUT2D eigenvalue weighted by atomic mass is 9.55. The molecule has 4 aliphatic rings. The zero-order valence-electron chi connectivity index (χ0n) is 17.2. The zero-order valence-corrected chi connectivity index (χ0v) is 17.2. The first-order valence-corrected chi connectivity index (χ1v) is 11.1. The van der Waals surface area contributed by atoms with E-state index in [0.717, 1.165) is 37.9 Å². The van der Waals surface area contributed by atoms with Crippen molar-refractivity contribution in [1.82, 2.24) is 20.2 Å². The van der Waals surface area contributed by atoms with Gasteiger partial charge in [0.05, 0.1) is 11.9 Å². The molecule has 2 aromatic heterocycles. The van der Waals surface area contributed by atoms with Gasteiger partial charge in [0.1, 0.15) is 5.69 Å². The summed E-state index contributed by atoms with van der Waals surface area (Å²) in [6.45, 7) is 4.00. The van der Waals surface area contributed by atoms with Crippen LogP contribution in [0.3, 0.4) is 0 Å². The first-order chi connectivity index (χ1) is 14.9. The Balaban J connectivity index is 1.13. The second-order valence-electron chi connectivity index (χ2n) is 9.85. The molecule has 1 saturated carbocycles. The number of pyridine rings is 2. The Hall–Kier alpha value is -2.19. The molecule has 5 nitrogen and oxygen atoms in total. The van der Waals surface area contributed by atoms with Gasteiger partial charge in [0, 0.05) is 62.1 Å². The van der Waals surface area contributed by atoms with E-state index in [4.69, 9.17) is 0 Å². The molecule has 1 N–H and O–H groups in total. The van der Waals surface area contributed by atoms with Crippen molar-refractivity contribution in [1.29, 1.82) is 0 Å². The molecule has 3 atom stereocenters. The summed E-state index contributed by atoms with van der Waals surface area (Å²) >= 11 is 0. The summed E-state index contributed by atoms with van der Waals surface area (Å²) in [6.07, 6.45) is 4.40. The van der Waals surface area contributed by atoms with Crippen LogP contribution in [0.5, 0.6) is 0 Å². The number of rotatable bonds is 4. The van der Waals surface area contributed by atoms with Gasteiger partial charge >= 0.3 is 6.18 Å². The normalized spacial score (nSPS) is 28.5. The van der Waals surface area contributed by atoms with Crippen molar-refractivity contribution in [2.45, 2.75) is 43.6 Å². The van der Waals surface area contributed by atoms with Crippen LogP contribution in [0.4, 0.5) is 18.9 Å². The van der Waals surface area contributed by atoms with Crippen LogP contribution in [0.15, 0.2) is 42.9 Å². The maximum absolute atomic E-state index is 12.8. The van der Waals surface area contributed by atoms with Crippen molar-refractivity contribution >= 4 is 5.69 Å². The minimum Gasteiger partial charge on any atom is -0.369 e. The van der Waals surface area contributed by atoms with Gasteiger partial charge in [-0.3, -0.25) is 9.88 Å². The predicted octanol–water partition coefficient (Wildman–Crippen LogP) is 3.50. The van der Waals surface area contributed by atoms with Crippen LogP contribution in [0.2, 0.25) is 0 Å². The van der Waals surface area contributed by atoms with Gasteiger partial charge in [0.25, 0.3) is 0 Å². The van der Waals surface area contributed by atoms with Crippen molar-refractivity contribution in [2.75, 3.05) is 31.1 Å². The molecule has 5 heterocycles. The number of hydrogen-bond acceptors (Lipinski definition) is 5. The lowest BCUT2D eigenvalue weighted by molar-refractivity contribution is -0.141. The molecular formula is C23H26F3N5. The largest absolute Gasteiger partial charge is 0.433 e. The molecule has 6 rings (SSSR count). The SMILES string of the molecule is FC(F)(F)c1ccc(N2CC3(CC(C(c4cccnc4)N4CC5CC4CN5)C3)C2)cn1. The summed E-state index contributed by atoms with van der Waals surface area (Å²) in [5, 5.41) is 3.60. The second-order valence-corrected chi connectivity index (χ2v) is 9.85. The smallest absolute Gasteiger partial charge is 0.369 e. The van der Waals surface area contributed by atoms with E-state index < -0.39 is 11.9 Å². The van der Waals surface area contributed by atoms with E-state index in [1.807, 2.05) is 18.5 Å². The van der Waals surface area contributed by atoms with Gasteiger partial charge in [-0.05, 0) is 48.9 Å². The molecule has 3 saturated heterocycles. The second kappa shape index (κ2) is 6.90. The molecule has 4 fully saturated rings. The first kappa shape index (κ1) is 19.5. The third-order valence-electron chi connectivity index (χ3n) is 7.78. The maximum atomic E-state index is 12.8. The number of aromatic nitrogens is 2. The Morgan fingerprint density at radius 3 is 2.55 bits per heavy atom. The molecule has 31 heavy (non-hydrogen) atoms. The van der Waals surface area contributed by atoms with Gasteiger partial charge in [-0.1, -0.05) is 6.07 Å². The van der Waals surface area contributed by atoms with E-state index in [0.29, 0.717) is 29.5 Å². The van der Waals surface area contributed by atoms with Crippen molar-refractivity contribution in [3.05, 3.63) is 54.1 Å². The van der Waals surface area contributed by atoms with Crippen LogP contribution in [-0.4, -0.2) is 53.1 Å². The molecule has 164 valence electrons. The van der Waals surface area contributed by atoms with Crippen LogP contribution >= 0.6 is 0 Å². The molecule has 2 aromatic rings. The molecular weight excluding hydrogens is 403 g/mol. The fraction of sp³-hybridized carbons (Fsp3) is 0.565. The molecule has 3 aliphatic heterocycles. The first-order valence-electron chi connectivity index (χ1n) is 11.1. The molecule has 0 amide bonds. The topological polar surface area (TPSA) is 44.3 Å². The summed E-state index contributed by atoms with van der Waals surface area (Å²) in [6, 6.07) is 8.52. The third kappa shape index (κ3) is 3.31. The Kier molecular flexibility index (Phi) is 4.34. The molecule has 0 aromatic carbocycles. The summed E-state index contributed by atoms with van der Waals surface area (Å²) in [7, 11) is 0. The number of anilines is 1. The summed E-state index contributed by atoms with van der Waals surface area (Å²) in [5.74, 6) is 0.608. The predicted molar refractivity (Wildman–Crippen MR) is 110 cm³/mol. The van der Waals surface area contributed by atoms with E-state index in [9.17, 15) is 13.2 Å². The number of halogens is 3. The van der Waals surface area contributed by atoms with E-state index in [1.54, 1.807) is 6.07 Å². The molecule has 1 spiro atoms. The van der Waals surface area contributed by atoms with Crippen molar-refractivity contribution in [2.24, 2.45) is 11.3 Å². The van der Waals surface area contributed by atoms with Crippen LogP contribution < -0.4 is 10.2 Å². The van der Waals surface area contributed by atoms with Crippen LogP contribution in [0.1, 0.15) is 36.6 Å². The van der Waals surface area contributed by atoms with Gasteiger partial charge < -0.3 is 10.2 Å². The highest BCUT2D eigenvalue weighted by Gasteiger charge is 2.56. The standard InChI is InChI=1S/C23H26F3N5/c24-23(25,26)20-4-3-18(10-29-20)30-13-22(14-30)7-16(8-22)21(15-2-1-5-27-9-15)31-12-17-6-19(31)11-28-17/h1-5,9-10,16-17,19,21,28H,6-8,11-14H2. The van der Waals surface area contributed by atoms with Gasteiger partial charge in [0.15, 0.2) is 0 Å². The van der Waals surface area contributed by atoms with Gasteiger partial charge in [-0.25, -0.2) is 4.98 Å². The number of nitrogens with zero attached hydrogens (tertiary/aromatic N) is 4. The average molecular weight is 429 g/mol. The van der Waals surface area contributed by atoms with Crippen molar-refractivity contribution < 1.29 is 13.2 Å². The molecule has 3 unspecified atom stereocenters. The van der Waals surface area contributed by atoms with Crippen molar-refractivity contribution in [3.63, 3.8) is 0 Å². The number of piperazine rings is 1. The van der Waals surface area contributed by atoms with Crippen molar-refractivity contribution in [3.8, 4) is 0 Å². The lowest BCUT2D eigenvalue weighted by Gasteiger charge is -2.62. The monoisotopic (exact) mass is 429 g/mol. The summed E-state index contributed by atoms with van der Waals surface area (Å²) in [5.41, 5.74) is 1.57. The Morgan fingerprint density at radius 2 is 1.97 bits per heavy atom. The average Bonchev–Trinajstić information content (AvgIpc) is 3.32. The fourth-order valence-electron chi connectivity index (χ4n) is 6.44. The number of hydrogen-bond donors (Lipinski definition) is 1. The number of nitrogens with one attached hydrogen (secondary N) is 1. The molecule has 2 bridgehead atoms. The van der Waals surface area contributed by atoms with Crippen LogP contribution in [-0.2, 0) is 6.18 Å². The highest BCUT2D eigenvalue weighted by Crippen LogP contribution is 2.58. The van der Waals surface area contributed by atoms with Gasteiger partial charge in [-0.2, -0.15) is 13.2 Å². The quantitative estimate of drug-likeness (QED) is 0.806. The fourth-order valence-corrected chi connectivity index (χ4v) is 6.44. The van der Waals surface area contributed by atoms with Crippen LogP contribution in [0.25, 0.3) is 0 Å². The van der Waals surface area contributed by atoms with E-state index in [2.05, 4.69) is 31.2 Å². The minimum absolute atomic E-state index is 0.296. The van der Waals surface area contributed by atoms with Gasteiger partial charge in [-0.15, -0.1) is 0 Å². The molecule has 1 aliphatic carbocycles. The molecule has 8 heteroatoms. The van der Waals surface area contributed by atoms with E-state index in [-0.39, 0.29) is 0 Å². The minimum atomic E-state index is -4.39. The van der Waals surface area contributed by atoms with Gasteiger partial charge in [0.2, 0.25) is 0 Å². The number of likely N-dealkylation sites (tertiary alicyclic amines) is 1. The number of alkyl halides is 3. The summed E-state index contributed by atoms with van der Waals surface area (Å²) in [4.78, 5) is 12.9. The van der Waals surface area contributed by atoms with Crippen LogP contribution in [0, 0.1) is 11.3 Å². The zero-order chi connectivity index (χ0) is 21.2.